The molecule has 0 aliphatic rings. The van der Waals surface area contributed by atoms with Crippen LogP contribution in [0.4, 0.5) is 5.69 Å². The zero-order valence-electron chi connectivity index (χ0n) is 16.1. The summed E-state index contributed by atoms with van der Waals surface area (Å²) in [6.45, 7) is 0.291. The van der Waals surface area contributed by atoms with Crippen molar-refractivity contribution in [3.05, 3.63) is 86.8 Å². The molecule has 8 heteroatoms. The van der Waals surface area contributed by atoms with Gasteiger partial charge in [0.15, 0.2) is 11.5 Å². The van der Waals surface area contributed by atoms with E-state index in [4.69, 9.17) is 26.8 Å². The molecule has 0 saturated heterocycles. The van der Waals surface area contributed by atoms with Crippen molar-refractivity contribution in [1.82, 2.24) is 5.43 Å². The number of hydrazone groups is 1. The lowest BCUT2D eigenvalue weighted by Gasteiger charge is -2.14. The van der Waals surface area contributed by atoms with E-state index in [2.05, 4.69) is 26.5 Å². The van der Waals surface area contributed by atoms with Gasteiger partial charge < -0.3 is 15.2 Å². The number of benzene rings is 3. The summed E-state index contributed by atoms with van der Waals surface area (Å²) >= 11 is 9.68. The molecule has 0 fully saturated rings. The molecular formula is C22H19BrClN3O3. The molecule has 1 amide bonds. The predicted molar refractivity (Wildman–Crippen MR) is 122 cm³/mol. The highest BCUT2D eigenvalue weighted by Crippen LogP contribution is 2.37. The summed E-state index contributed by atoms with van der Waals surface area (Å²) in [5.41, 5.74) is 10.7. The largest absolute Gasteiger partial charge is 0.493 e. The van der Waals surface area contributed by atoms with Crippen molar-refractivity contribution in [3.63, 3.8) is 0 Å². The van der Waals surface area contributed by atoms with Gasteiger partial charge in [0.05, 0.1) is 17.8 Å². The molecule has 6 nitrogen and oxygen atoms in total. The Hall–Kier alpha value is -3.03. The van der Waals surface area contributed by atoms with E-state index in [1.807, 2.05) is 30.3 Å². The van der Waals surface area contributed by atoms with Gasteiger partial charge in [-0.15, -0.1) is 0 Å². The maximum absolute atomic E-state index is 12.1. The molecule has 0 aromatic heterocycles. The van der Waals surface area contributed by atoms with Crippen molar-refractivity contribution < 1.29 is 14.3 Å². The van der Waals surface area contributed by atoms with E-state index in [9.17, 15) is 4.79 Å². The number of anilines is 1. The zero-order chi connectivity index (χ0) is 21.5. The van der Waals surface area contributed by atoms with Gasteiger partial charge in [0, 0.05) is 21.8 Å². The van der Waals surface area contributed by atoms with Gasteiger partial charge in [-0.2, -0.15) is 5.10 Å². The fourth-order valence-electron chi connectivity index (χ4n) is 2.58. The third-order valence-electron chi connectivity index (χ3n) is 4.13. The highest BCUT2D eigenvalue weighted by molar-refractivity contribution is 9.10. The summed E-state index contributed by atoms with van der Waals surface area (Å²) in [7, 11) is 1.55. The van der Waals surface area contributed by atoms with E-state index in [1.54, 1.807) is 37.4 Å². The molecule has 0 atom stereocenters. The smallest absolute Gasteiger partial charge is 0.271 e. The lowest BCUT2D eigenvalue weighted by molar-refractivity contribution is 0.0955. The van der Waals surface area contributed by atoms with Crippen molar-refractivity contribution >= 4 is 45.3 Å². The molecule has 0 aliphatic heterocycles. The van der Waals surface area contributed by atoms with Gasteiger partial charge in [-0.05, 0) is 64.0 Å². The summed E-state index contributed by atoms with van der Waals surface area (Å²) in [6, 6.07) is 17.6. The SMILES string of the molecule is COc1cc(C=NNC(=O)c2ccc(N)cc2)cc(Br)c1OCc1ccccc1Cl. The number of hydrogen-bond donors (Lipinski definition) is 2. The number of carbonyl (C=O) groups excluding carboxylic acids is 1. The van der Waals surface area contributed by atoms with Gasteiger partial charge in [-0.3, -0.25) is 4.79 Å². The number of ether oxygens (including phenoxy) is 2. The molecule has 0 bridgehead atoms. The Morgan fingerprint density at radius 1 is 1.20 bits per heavy atom. The molecule has 3 aromatic rings. The molecule has 154 valence electrons. The van der Waals surface area contributed by atoms with Crippen LogP contribution in [0.2, 0.25) is 5.02 Å². The molecule has 0 radical (unpaired) electrons. The minimum atomic E-state index is -0.336. The molecule has 0 heterocycles. The fourth-order valence-corrected chi connectivity index (χ4v) is 3.35. The van der Waals surface area contributed by atoms with Crippen LogP contribution in [0.3, 0.4) is 0 Å². The van der Waals surface area contributed by atoms with Crippen LogP contribution in [0.15, 0.2) is 70.2 Å². The van der Waals surface area contributed by atoms with E-state index in [0.29, 0.717) is 44.4 Å². The monoisotopic (exact) mass is 487 g/mol. The highest BCUT2D eigenvalue weighted by Gasteiger charge is 2.12. The maximum Gasteiger partial charge on any atom is 0.271 e. The Balaban J connectivity index is 1.70. The maximum atomic E-state index is 12.1. The number of halogens is 2. The number of nitrogen functional groups attached to an aromatic ring is 1. The Morgan fingerprint density at radius 2 is 1.93 bits per heavy atom. The van der Waals surface area contributed by atoms with Gasteiger partial charge in [0.2, 0.25) is 0 Å². The molecule has 3 rings (SSSR count). The third kappa shape index (κ3) is 5.52. The second-order valence-corrected chi connectivity index (χ2v) is 7.50. The van der Waals surface area contributed by atoms with Crippen molar-refractivity contribution in [2.24, 2.45) is 5.10 Å². The van der Waals surface area contributed by atoms with Crippen LogP contribution < -0.4 is 20.6 Å². The summed E-state index contributed by atoms with van der Waals surface area (Å²) in [5, 5.41) is 4.63. The van der Waals surface area contributed by atoms with E-state index < -0.39 is 0 Å². The Kier molecular flexibility index (Phi) is 7.32. The van der Waals surface area contributed by atoms with Gasteiger partial charge in [-0.25, -0.2) is 5.43 Å². The second kappa shape index (κ2) is 10.1. The molecule has 0 saturated carbocycles. The number of methoxy groups -OCH3 is 1. The molecule has 30 heavy (non-hydrogen) atoms. The summed E-state index contributed by atoms with van der Waals surface area (Å²) in [5.74, 6) is 0.722. The number of nitrogens with two attached hydrogens (primary N) is 1. The quantitative estimate of drug-likeness (QED) is 0.277. The number of carbonyl (C=O) groups is 1. The first-order chi connectivity index (χ1) is 14.5. The lowest BCUT2D eigenvalue weighted by Crippen LogP contribution is -2.17. The zero-order valence-corrected chi connectivity index (χ0v) is 18.4. The first-order valence-corrected chi connectivity index (χ1v) is 10.1. The van der Waals surface area contributed by atoms with Crippen LogP contribution >= 0.6 is 27.5 Å². The van der Waals surface area contributed by atoms with Crippen LogP contribution in [0, 0.1) is 0 Å². The molecule has 3 N–H and O–H groups in total. The van der Waals surface area contributed by atoms with Crippen LogP contribution in [-0.2, 0) is 6.61 Å². The number of rotatable bonds is 7. The molecule has 0 spiro atoms. The molecule has 0 aliphatic carbocycles. The van der Waals surface area contributed by atoms with E-state index in [1.165, 1.54) is 6.21 Å². The second-order valence-electron chi connectivity index (χ2n) is 6.24. The van der Waals surface area contributed by atoms with Crippen molar-refractivity contribution in [2.75, 3.05) is 12.8 Å². The topological polar surface area (TPSA) is 85.9 Å². The fraction of sp³-hybridized carbons (Fsp3) is 0.0909. The van der Waals surface area contributed by atoms with Gasteiger partial charge >= 0.3 is 0 Å². The van der Waals surface area contributed by atoms with Gasteiger partial charge in [0.25, 0.3) is 5.91 Å². The molecule has 0 unspecified atom stereocenters. The van der Waals surface area contributed by atoms with Crippen LogP contribution in [0.5, 0.6) is 11.5 Å². The van der Waals surface area contributed by atoms with E-state index >= 15 is 0 Å². The summed E-state index contributed by atoms with van der Waals surface area (Å²) in [6.07, 6.45) is 1.51. The number of nitrogens with one attached hydrogen (secondary N) is 1. The average Bonchev–Trinajstić information content (AvgIpc) is 2.74. The number of nitrogens with zero attached hydrogens (tertiary/aromatic N) is 1. The minimum Gasteiger partial charge on any atom is -0.493 e. The number of hydrogen-bond acceptors (Lipinski definition) is 5. The first-order valence-electron chi connectivity index (χ1n) is 8.90. The molecule has 3 aromatic carbocycles. The van der Waals surface area contributed by atoms with E-state index in [-0.39, 0.29) is 5.91 Å². The minimum absolute atomic E-state index is 0.291. The third-order valence-corrected chi connectivity index (χ3v) is 5.09. The van der Waals surface area contributed by atoms with Crippen molar-refractivity contribution in [2.45, 2.75) is 6.61 Å². The molecular weight excluding hydrogens is 470 g/mol. The van der Waals surface area contributed by atoms with Crippen molar-refractivity contribution in [1.29, 1.82) is 0 Å². The van der Waals surface area contributed by atoms with Crippen LogP contribution in [0.1, 0.15) is 21.5 Å². The Morgan fingerprint density at radius 3 is 2.63 bits per heavy atom. The Bertz CT molecular complexity index is 1070. The lowest BCUT2D eigenvalue weighted by atomic mass is 10.2. The van der Waals surface area contributed by atoms with Gasteiger partial charge in [0.1, 0.15) is 6.61 Å². The predicted octanol–water partition coefficient (Wildman–Crippen LogP) is 5.04. The standard InChI is InChI=1S/C22H19BrClN3O3/c1-29-20-11-14(12-26-27-22(28)15-6-8-17(25)9-7-15)10-18(23)21(20)30-13-16-4-2-3-5-19(16)24/h2-12H,13,25H2,1H3,(H,27,28). The average molecular weight is 489 g/mol. The van der Waals surface area contributed by atoms with Crippen LogP contribution in [0.25, 0.3) is 0 Å². The highest BCUT2D eigenvalue weighted by atomic mass is 79.9. The van der Waals surface area contributed by atoms with Crippen molar-refractivity contribution in [3.8, 4) is 11.5 Å². The Labute approximate surface area is 187 Å². The summed E-state index contributed by atoms with van der Waals surface area (Å²) in [4.78, 5) is 12.1. The van der Waals surface area contributed by atoms with Gasteiger partial charge in [-0.1, -0.05) is 29.8 Å². The number of amides is 1. The van der Waals surface area contributed by atoms with Crippen LogP contribution in [-0.4, -0.2) is 19.2 Å². The summed E-state index contributed by atoms with van der Waals surface area (Å²) < 4.78 is 12.0. The van der Waals surface area contributed by atoms with E-state index in [0.717, 1.165) is 5.56 Å². The first kappa shape index (κ1) is 21.7. The normalized spacial score (nSPS) is 10.8.